The maximum Gasteiger partial charge on any atom is 0.0927 e. The first-order chi connectivity index (χ1) is 18.9. The van der Waals surface area contributed by atoms with Gasteiger partial charge in [-0.25, -0.2) is 0 Å². The standard InChI is InChI=1S/C34H26N4/c1-3-11-25-23(9-1)17-19-31(37-21-35-27-13-5-7-15-29(27)37)33(25)34-26-12-4-2-10-24(26)18-20-32(34)38-22-36-28-14-6-8-16-30(28)38/h1-20,35-36H,21-22H2. The summed E-state index contributed by atoms with van der Waals surface area (Å²) in [6, 6.07) is 43.8. The molecule has 182 valence electrons. The van der Waals surface area contributed by atoms with Crippen molar-refractivity contribution in [3.8, 4) is 11.1 Å². The summed E-state index contributed by atoms with van der Waals surface area (Å²) in [6.45, 7) is 1.47. The molecule has 0 aliphatic carbocycles. The van der Waals surface area contributed by atoms with E-state index in [0.717, 1.165) is 13.3 Å². The first-order valence-corrected chi connectivity index (χ1v) is 13.1. The average Bonchev–Trinajstić information content (AvgIpc) is 3.61. The Bertz CT molecular complexity index is 1720. The molecule has 6 aromatic carbocycles. The molecule has 0 radical (unpaired) electrons. The number of hydrogen-bond acceptors (Lipinski definition) is 4. The molecule has 8 rings (SSSR count). The third kappa shape index (κ3) is 3.10. The molecule has 0 unspecified atom stereocenters. The molecule has 4 heteroatoms. The fraction of sp³-hybridized carbons (Fsp3) is 0.0588. The summed E-state index contributed by atoms with van der Waals surface area (Å²) in [5.41, 5.74) is 9.69. The molecule has 38 heavy (non-hydrogen) atoms. The number of nitrogens with zero attached hydrogens (tertiary/aromatic N) is 2. The van der Waals surface area contributed by atoms with Crippen LogP contribution in [0.4, 0.5) is 34.1 Å². The minimum atomic E-state index is 0.735. The van der Waals surface area contributed by atoms with Crippen molar-refractivity contribution < 1.29 is 0 Å². The van der Waals surface area contributed by atoms with Crippen LogP contribution >= 0.6 is 0 Å². The van der Waals surface area contributed by atoms with Crippen molar-refractivity contribution in [3.63, 3.8) is 0 Å². The highest BCUT2D eigenvalue weighted by Crippen LogP contribution is 2.51. The molecule has 0 atom stereocenters. The second-order valence-corrected chi connectivity index (χ2v) is 9.92. The van der Waals surface area contributed by atoms with Crippen LogP contribution in [0, 0.1) is 0 Å². The Kier molecular flexibility index (Phi) is 4.61. The van der Waals surface area contributed by atoms with Gasteiger partial charge in [0, 0.05) is 11.1 Å². The lowest BCUT2D eigenvalue weighted by Gasteiger charge is -2.28. The molecule has 0 saturated heterocycles. The van der Waals surface area contributed by atoms with Crippen molar-refractivity contribution in [2.75, 3.05) is 33.8 Å². The van der Waals surface area contributed by atoms with Crippen molar-refractivity contribution in [2.24, 2.45) is 0 Å². The highest BCUT2D eigenvalue weighted by atomic mass is 15.3. The number of nitrogens with one attached hydrogen (secondary N) is 2. The predicted molar refractivity (Wildman–Crippen MR) is 161 cm³/mol. The monoisotopic (exact) mass is 490 g/mol. The molecule has 0 fully saturated rings. The summed E-state index contributed by atoms with van der Waals surface area (Å²) in [6.07, 6.45) is 0. The summed E-state index contributed by atoms with van der Waals surface area (Å²) < 4.78 is 0. The zero-order valence-corrected chi connectivity index (χ0v) is 20.9. The number of hydrogen-bond donors (Lipinski definition) is 2. The smallest absolute Gasteiger partial charge is 0.0927 e. The number of benzene rings is 6. The summed E-state index contributed by atoms with van der Waals surface area (Å²) in [5.74, 6) is 0. The van der Waals surface area contributed by atoms with Gasteiger partial charge in [-0.15, -0.1) is 0 Å². The van der Waals surface area contributed by atoms with Crippen LogP contribution in [0.15, 0.2) is 121 Å². The molecule has 2 N–H and O–H groups in total. The number of fused-ring (bicyclic) bond motifs is 4. The number of anilines is 6. The van der Waals surface area contributed by atoms with Gasteiger partial charge in [-0.1, -0.05) is 84.9 Å². The van der Waals surface area contributed by atoms with Crippen LogP contribution in [0.2, 0.25) is 0 Å². The summed E-state index contributed by atoms with van der Waals surface area (Å²) in [5, 5.41) is 12.2. The van der Waals surface area contributed by atoms with Crippen LogP contribution in [0.25, 0.3) is 32.7 Å². The second kappa shape index (κ2) is 8.29. The van der Waals surface area contributed by atoms with E-state index in [0.29, 0.717) is 0 Å². The third-order valence-corrected chi connectivity index (χ3v) is 7.89. The normalized spacial score (nSPS) is 13.9. The fourth-order valence-electron chi connectivity index (χ4n) is 6.14. The minimum absolute atomic E-state index is 0.735. The summed E-state index contributed by atoms with van der Waals surface area (Å²) in [7, 11) is 0. The van der Waals surface area contributed by atoms with Gasteiger partial charge in [0.25, 0.3) is 0 Å². The summed E-state index contributed by atoms with van der Waals surface area (Å²) >= 11 is 0. The Morgan fingerprint density at radius 1 is 0.395 bits per heavy atom. The van der Waals surface area contributed by atoms with Crippen LogP contribution in [0.3, 0.4) is 0 Å². The lowest BCUT2D eigenvalue weighted by Crippen LogP contribution is -2.19. The Balaban J connectivity index is 1.48. The fourth-order valence-corrected chi connectivity index (χ4v) is 6.14. The third-order valence-electron chi connectivity index (χ3n) is 7.89. The van der Waals surface area contributed by atoms with Gasteiger partial charge in [0.05, 0.1) is 47.5 Å². The van der Waals surface area contributed by atoms with Gasteiger partial charge in [-0.2, -0.15) is 0 Å². The van der Waals surface area contributed by atoms with Crippen molar-refractivity contribution in [1.82, 2.24) is 0 Å². The number of para-hydroxylation sites is 4. The minimum Gasteiger partial charge on any atom is -0.366 e. The molecule has 2 aliphatic heterocycles. The zero-order chi connectivity index (χ0) is 25.1. The van der Waals surface area contributed by atoms with Crippen LogP contribution < -0.4 is 20.4 Å². The Hall–Kier alpha value is -4.96. The summed E-state index contributed by atoms with van der Waals surface area (Å²) in [4.78, 5) is 4.83. The lowest BCUT2D eigenvalue weighted by molar-refractivity contribution is 1.09. The highest BCUT2D eigenvalue weighted by molar-refractivity contribution is 6.15. The molecule has 0 saturated carbocycles. The van der Waals surface area contributed by atoms with E-state index >= 15 is 0 Å². The van der Waals surface area contributed by atoms with Gasteiger partial charge in [0.2, 0.25) is 0 Å². The predicted octanol–water partition coefficient (Wildman–Crippen LogP) is 8.70. The van der Waals surface area contributed by atoms with Gasteiger partial charge in [-0.05, 0) is 57.9 Å². The molecule has 0 amide bonds. The van der Waals surface area contributed by atoms with E-state index in [-0.39, 0.29) is 0 Å². The maximum atomic E-state index is 3.60. The topological polar surface area (TPSA) is 30.5 Å². The largest absolute Gasteiger partial charge is 0.366 e. The van der Waals surface area contributed by atoms with Crippen LogP contribution in [0.5, 0.6) is 0 Å². The van der Waals surface area contributed by atoms with E-state index in [2.05, 4.69) is 142 Å². The van der Waals surface area contributed by atoms with E-state index in [4.69, 9.17) is 0 Å². The van der Waals surface area contributed by atoms with E-state index in [1.54, 1.807) is 0 Å². The van der Waals surface area contributed by atoms with E-state index in [1.807, 2.05) is 0 Å². The van der Waals surface area contributed by atoms with Crippen LogP contribution in [-0.2, 0) is 0 Å². The molecule has 0 aromatic heterocycles. The molecule has 4 nitrogen and oxygen atoms in total. The number of rotatable bonds is 3. The Morgan fingerprint density at radius 2 is 0.816 bits per heavy atom. The quantitative estimate of drug-likeness (QED) is 0.260. The van der Waals surface area contributed by atoms with Gasteiger partial charge in [0.15, 0.2) is 0 Å². The maximum absolute atomic E-state index is 3.60. The molecule has 2 aliphatic rings. The molecular weight excluding hydrogens is 464 g/mol. The lowest BCUT2D eigenvalue weighted by atomic mass is 9.90. The van der Waals surface area contributed by atoms with Crippen LogP contribution in [-0.4, -0.2) is 13.3 Å². The van der Waals surface area contributed by atoms with Crippen molar-refractivity contribution >= 4 is 55.7 Å². The van der Waals surface area contributed by atoms with Gasteiger partial charge in [0.1, 0.15) is 0 Å². The van der Waals surface area contributed by atoms with Gasteiger partial charge < -0.3 is 20.4 Å². The van der Waals surface area contributed by atoms with E-state index in [1.165, 1.54) is 66.8 Å². The SMILES string of the molecule is c1ccc2c(c1)NCN2c1ccc2ccccc2c1-c1c(N2CNc3ccccc32)ccc2ccccc12. The average molecular weight is 491 g/mol. The Morgan fingerprint density at radius 3 is 1.32 bits per heavy atom. The molecule has 0 spiro atoms. The molecular formula is C34H26N4. The second-order valence-electron chi connectivity index (χ2n) is 9.92. The van der Waals surface area contributed by atoms with Crippen molar-refractivity contribution in [2.45, 2.75) is 0 Å². The first-order valence-electron chi connectivity index (χ1n) is 13.1. The first kappa shape index (κ1) is 21.2. The highest BCUT2D eigenvalue weighted by Gasteiger charge is 2.28. The zero-order valence-electron chi connectivity index (χ0n) is 20.9. The molecule has 2 heterocycles. The van der Waals surface area contributed by atoms with E-state index in [9.17, 15) is 0 Å². The van der Waals surface area contributed by atoms with Crippen LogP contribution in [0.1, 0.15) is 0 Å². The molecule has 0 bridgehead atoms. The van der Waals surface area contributed by atoms with Crippen molar-refractivity contribution in [3.05, 3.63) is 121 Å². The molecule has 6 aromatic rings. The van der Waals surface area contributed by atoms with Crippen molar-refractivity contribution in [1.29, 1.82) is 0 Å². The Labute approximate surface area is 221 Å². The van der Waals surface area contributed by atoms with Gasteiger partial charge >= 0.3 is 0 Å². The van der Waals surface area contributed by atoms with E-state index < -0.39 is 0 Å². The van der Waals surface area contributed by atoms with Gasteiger partial charge in [-0.3, -0.25) is 0 Å².